The second-order valence-electron chi connectivity index (χ2n) is 7.95. The van der Waals surface area contributed by atoms with E-state index < -0.39 is 12.1 Å². The van der Waals surface area contributed by atoms with E-state index in [1.807, 2.05) is 48.5 Å². The second-order valence-corrected chi connectivity index (χ2v) is 7.95. The Kier molecular flexibility index (Phi) is 8.03. The molecule has 1 fully saturated rings. The number of carbonyl (C=O) groups is 2. The summed E-state index contributed by atoms with van der Waals surface area (Å²) >= 11 is 0. The van der Waals surface area contributed by atoms with Gasteiger partial charge in [0.25, 0.3) is 0 Å². The molecular formula is C25H30O5. The number of rotatable bonds is 8. The number of benzene rings is 2. The highest BCUT2D eigenvalue weighted by atomic mass is 16.5. The van der Waals surface area contributed by atoms with Crippen molar-refractivity contribution in [1.82, 2.24) is 0 Å². The molecule has 2 aromatic rings. The average Bonchev–Trinajstić information content (AvgIpc) is 2.77. The quantitative estimate of drug-likeness (QED) is 0.505. The molecule has 3 rings (SSSR count). The summed E-state index contributed by atoms with van der Waals surface area (Å²) in [6.45, 7) is 1.55. The fourth-order valence-electron chi connectivity index (χ4n) is 3.97. The van der Waals surface area contributed by atoms with Crippen LogP contribution in [-0.2, 0) is 27.4 Å². The zero-order chi connectivity index (χ0) is 21.3. The van der Waals surface area contributed by atoms with E-state index in [1.54, 1.807) is 0 Å². The van der Waals surface area contributed by atoms with Crippen molar-refractivity contribution in [2.45, 2.75) is 70.5 Å². The van der Waals surface area contributed by atoms with E-state index >= 15 is 0 Å². The van der Waals surface area contributed by atoms with Gasteiger partial charge in [0, 0.05) is 6.92 Å². The normalized spacial score (nSPS) is 15.4. The first-order chi connectivity index (χ1) is 14.5. The molecule has 0 radical (unpaired) electrons. The molecule has 0 aromatic heterocycles. The first-order valence-corrected chi connectivity index (χ1v) is 10.7. The van der Waals surface area contributed by atoms with Crippen LogP contribution in [0, 0.1) is 0 Å². The van der Waals surface area contributed by atoms with Crippen LogP contribution >= 0.6 is 0 Å². The first kappa shape index (κ1) is 22.0. The summed E-state index contributed by atoms with van der Waals surface area (Å²) in [6, 6.07) is 15.3. The van der Waals surface area contributed by atoms with Crippen LogP contribution in [0.1, 0.15) is 68.1 Å². The number of ether oxygens (including phenoxy) is 2. The number of hydrogen-bond acceptors (Lipinski definition) is 5. The first-order valence-electron chi connectivity index (χ1n) is 10.7. The number of aryl methyl sites for hydroxylation is 1. The SMILES string of the molecule is CC(=O)Oc1cc(CCC(O)C(=O)OCc2ccccc2)ccc1C1CCCCC1. The predicted molar refractivity (Wildman–Crippen MR) is 114 cm³/mol. The van der Waals surface area contributed by atoms with Crippen LogP contribution in [0.5, 0.6) is 5.75 Å². The molecule has 2 aromatic carbocycles. The lowest BCUT2D eigenvalue weighted by molar-refractivity contribution is -0.155. The molecule has 5 heteroatoms. The summed E-state index contributed by atoms with van der Waals surface area (Å²) in [7, 11) is 0. The largest absolute Gasteiger partial charge is 0.459 e. The molecule has 1 unspecified atom stereocenters. The predicted octanol–water partition coefficient (Wildman–Crippen LogP) is 4.70. The maximum absolute atomic E-state index is 12.1. The standard InChI is InChI=1S/C25H30O5/c1-18(26)30-24-16-19(12-14-22(24)21-10-6-3-7-11-21)13-15-23(27)25(28)29-17-20-8-4-2-5-9-20/h2,4-5,8-9,12,14,16,21,23,27H,3,6-7,10-11,13,15,17H2,1H3. The van der Waals surface area contributed by atoms with Gasteiger partial charge in [-0.15, -0.1) is 0 Å². The molecule has 1 saturated carbocycles. The summed E-state index contributed by atoms with van der Waals surface area (Å²) < 4.78 is 10.7. The highest BCUT2D eigenvalue weighted by Crippen LogP contribution is 2.38. The molecule has 0 spiro atoms. The Hall–Kier alpha value is -2.66. The molecule has 0 bridgehead atoms. The molecule has 1 N–H and O–H groups in total. The van der Waals surface area contributed by atoms with Crippen LogP contribution in [0.4, 0.5) is 0 Å². The van der Waals surface area contributed by atoms with Crippen molar-refractivity contribution in [3.63, 3.8) is 0 Å². The third-order valence-electron chi connectivity index (χ3n) is 5.58. The Balaban J connectivity index is 1.58. The molecule has 1 aliphatic carbocycles. The van der Waals surface area contributed by atoms with Crippen molar-refractivity contribution in [3.8, 4) is 5.75 Å². The van der Waals surface area contributed by atoms with Crippen molar-refractivity contribution in [3.05, 3.63) is 65.2 Å². The van der Waals surface area contributed by atoms with E-state index in [-0.39, 0.29) is 19.0 Å². The van der Waals surface area contributed by atoms with E-state index in [0.29, 0.717) is 18.1 Å². The number of aliphatic hydroxyl groups excluding tert-OH is 1. The summed E-state index contributed by atoms with van der Waals surface area (Å²) in [5.74, 6) is 0.0559. The fourth-order valence-corrected chi connectivity index (χ4v) is 3.97. The summed E-state index contributed by atoms with van der Waals surface area (Å²) in [4.78, 5) is 23.6. The molecule has 0 heterocycles. The van der Waals surface area contributed by atoms with Crippen LogP contribution in [-0.4, -0.2) is 23.1 Å². The smallest absolute Gasteiger partial charge is 0.335 e. The molecule has 1 aliphatic rings. The molecule has 0 saturated heterocycles. The van der Waals surface area contributed by atoms with E-state index in [1.165, 1.54) is 26.2 Å². The summed E-state index contributed by atoms with van der Waals surface area (Å²) in [5, 5.41) is 10.2. The highest BCUT2D eigenvalue weighted by Gasteiger charge is 2.21. The number of esters is 2. The van der Waals surface area contributed by atoms with Gasteiger partial charge in [-0.3, -0.25) is 4.79 Å². The molecule has 160 valence electrons. The van der Waals surface area contributed by atoms with Gasteiger partial charge >= 0.3 is 11.9 Å². The molecule has 5 nitrogen and oxygen atoms in total. The van der Waals surface area contributed by atoms with Crippen LogP contribution in [0.15, 0.2) is 48.5 Å². The third-order valence-corrected chi connectivity index (χ3v) is 5.58. The Morgan fingerprint density at radius 2 is 1.77 bits per heavy atom. The van der Waals surface area contributed by atoms with Crippen LogP contribution in [0.3, 0.4) is 0 Å². The Labute approximate surface area is 178 Å². The molecule has 0 amide bonds. The Morgan fingerprint density at radius 1 is 1.03 bits per heavy atom. The maximum Gasteiger partial charge on any atom is 0.335 e. The summed E-state index contributed by atoms with van der Waals surface area (Å²) in [5.41, 5.74) is 2.87. The monoisotopic (exact) mass is 410 g/mol. The minimum Gasteiger partial charge on any atom is -0.459 e. The lowest BCUT2D eigenvalue weighted by atomic mass is 9.83. The van der Waals surface area contributed by atoms with Crippen molar-refractivity contribution < 1.29 is 24.2 Å². The van der Waals surface area contributed by atoms with Gasteiger partial charge in [0.1, 0.15) is 12.4 Å². The van der Waals surface area contributed by atoms with E-state index in [0.717, 1.165) is 29.5 Å². The zero-order valence-corrected chi connectivity index (χ0v) is 17.5. The number of carbonyl (C=O) groups excluding carboxylic acids is 2. The van der Waals surface area contributed by atoms with E-state index in [9.17, 15) is 14.7 Å². The van der Waals surface area contributed by atoms with Gasteiger partial charge in [-0.1, -0.05) is 61.7 Å². The Morgan fingerprint density at radius 3 is 2.47 bits per heavy atom. The highest BCUT2D eigenvalue weighted by molar-refractivity contribution is 5.74. The van der Waals surface area contributed by atoms with Gasteiger partial charge in [-0.05, 0) is 54.4 Å². The average molecular weight is 411 g/mol. The summed E-state index contributed by atoms with van der Waals surface area (Å²) in [6.07, 6.45) is 5.42. The van der Waals surface area contributed by atoms with Crippen molar-refractivity contribution >= 4 is 11.9 Å². The van der Waals surface area contributed by atoms with Crippen molar-refractivity contribution in [2.24, 2.45) is 0 Å². The van der Waals surface area contributed by atoms with E-state index in [2.05, 4.69) is 0 Å². The molecule has 0 aliphatic heterocycles. The van der Waals surface area contributed by atoms with Gasteiger partial charge in [0.2, 0.25) is 0 Å². The van der Waals surface area contributed by atoms with Gasteiger partial charge in [-0.25, -0.2) is 4.79 Å². The van der Waals surface area contributed by atoms with Crippen LogP contribution < -0.4 is 4.74 Å². The molecular weight excluding hydrogens is 380 g/mol. The second kappa shape index (κ2) is 10.9. The van der Waals surface area contributed by atoms with Crippen LogP contribution in [0.2, 0.25) is 0 Å². The van der Waals surface area contributed by atoms with E-state index in [4.69, 9.17) is 9.47 Å². The Bertz CT molecular complexity index is 840. The minimum atomic E-state index is -1.19. The van der Waals surface area contributed by atoms with Gasteiger partial charge in [0.15, 0.2) is 6.10 Å². The maximum atomic E-state index is 12.1. The molecule has 30 heavy (non-hydrogen) atoms. The van der Waals surface area contributed by atoms with Crippen molar-refractivity contribution in [1.29, 1.82) is 0 Å². The number of aliphatic hydroxyl groups is 1. The van der Waals surface area contributed by atoms with Gasteiger partial charge in [-0.2, -0.15) is 0 Å². The lowest BCUT2D eigenvalue weighted by Crippen LogP contribution is -2.23. The topological polar surface area (TPSA) is 72.8 Å². The van der Waals surface area contributed by atoms with Gasteiger partial charge in [0.05, 0.1) is 0 Å². The minimum absolute atomic E-state index is 0.142. The fraction of sp³-hybridized carbons (Fsp3) is 0.440. The lowest BCUT2D eigenvalue weighted by Gasteiger charge is -2.24. The van der Waals surface area contributed by atoms with Crippen molar-refractivity contribution in [2.75, 3.05) is 0 Å². The van der Waals surface area contributed by atoms with Crippen LogP contribution in [0.25, 0.3) is 0 Å². The number of hydrogen-bond donors (Lipinski definition) is 1. The van der Waals surface area contributed by atoms with Gasteiger partial charge < -0.3 is 14.6 Å². The zero-order valence-electron chi connectivity index (χ0n) is 17.5. The third kappa shape index (κ3) is 6.42. The molecule has 1 atom stereocenters.